The molecule has 1 atom stereocenters. The van der Waals surface area contributed by atoms with E-state index in [9.17, 15) is 0 Å². The van der Waals surface area contributed by atoms with E-state index in [1.54, 1.807) is 5.57 Å². The number of unbranched alkanes of at least 4 members (excludes halogenated alkanes) is 1. The Hall–Kier alpha value is -0.300. The molecule has 1 unspecified atom stereocenters. The second-order valence-electron chi connectivity index (χ2n) is 3.13. The highest BCUT2D eigenvalue weighted by Crippen LogP contribution is 2.21. The standard InChI is InChI=1S/C9H17N/c1-2-3-4-8-5-6-9(10)7-8/h7,9H,2-6,10H2,1H3. The molecule has 1 heteroatoms. The van der Waals surface area contributed by atoms with Crippen LogP contribution in [-0.4, -0.2) is 6.04 Å². The summed E-state index contributed by atoms with van der Waals surface area (Å²) in [5, 5.41) is 0. The van der Waals surface area contributed by atoms with Gasteiger partial charge in [0.15, 0.2) is 0 Å². The molecule has 0 aromatic heterocycles. The second kappa shape index (κ2) is 3.77. The van der Waals surface area contributed by atoms with Crippen LogP contribution in [0.1, 0.15) is 39.0 Å². The minimum atomic E-state index is 0.367. The van der Waals surface area contributed by atoms with Gasteiger partial charge in [0, 0.05) is 6.04 Å². The summed E-state index contributed by atoms with van der Waals surface area (Å²) in [7, 11) is 0. The van der Waals surface area contributed by atoms with Crippen molar-refractivity contribution in [2.75, 3.05) is 0 Å². The van der Waals surface area contributed by atoms with Gasteiger partial charge in [0.2, 0.25) is 0 Å². The fraction of sp³-hybridized carbons (Fsp3) is 0.778. The maximum absolute atomic E-state index is 5.72. The lowest BCUT2D eigenvalue weighted by Crippen LogP contribution is -2.11. The van der Waals surface area contributed by atoms with Crippen LogP contribution in [0.15, 0.2) is 11.6 Å². The molecule has 0 amide bonds. The van der Waals surface area contributed by atoms with E-state index in [-0.39, 0.29) is 0 Å². The minimum absolute atomic E-state index is 0.367. The SMILES string of the molecule is CCCCC1=CC(N)CC1. The van der Waals surface area contributed by atoms with Gasteiger partial charge in [-0.2, -0.15) is 0 Å². The third-order valence-corrected chi connectivity index (χ3v) is 2.10. The van der Waals surface area contributed by atoms with Crippen LogP contribution >= 0.6 is 0 Å². The van der Waals surface area contributed by atoms with Gasteiger partial charge in [-0.15, -0.1) is 0 Å². The number of allylic oxidation sites excluding steroid dienone is 1. The Bertz CT molecular complexity index is 127. The van der Waals surface area contributed by atoms with Crippen LogP contribution in [0.2, 0.25) is 0 Å². The normalized spacial score (nSPS) is 25.0. The van der Waals surface area contributed by atoms with Gasteiger partial charge in [-0.1, -0.05) is 25.0 Å². The zero-order chi connectivity index (χ0) is 7.40. The van der Waals surface area contributed by atoms with E-state index < -0.39 is 0 Å². The van der Waals surface area contributed by atoms with Crippen molar-refractivity contribution in [2.24, 2.45) is 5.73 Å². The third-order valence-electron chi connectivity index (χ3n) is 2.10. The summed E-state index contributed by atoms with van der Waals surface area (Å²) in [6.07, 6.45) is 8.59. The van der Waals surface area contributed by atoms with Gasteiger partial charge >= 0.3 is 0 Å². The van der Waals surface area contributed by atoms with Crippen LogP contribution in [0, 0.1) is 0 Å². The predicted molar refractivity (Wildman–Crippen MR) is 44.8 cm³/mol. The first-order valence-electron chi connectivity index (χ1n) is 4.28. The molecule has 1 aliphatic carbocycles. The van der Waals surface area contributed by atoms with E-state index in [4.69, 9.17) is 5.73 Å². The van der Waals surface area contributed by atoms with Gasteiger partial charge in [-0.3, -0.25) is 0 Å². The van der Waals surface area contributed by atoms with Crippen LogP contribution in [0.4, 0.5) is 0 Å². The second-order valence-corrected chi connectivity index (χ2v) is 3.13. The molecule has 58 valence electrons. The van der Waals surface area contributed by atoms with Crippen molar-refractivity contribution in [1.82, 2.24) is 0 Å². The van der Waals surface area contributed by atoms with Gasteiger partial charge in [-0.05, 0) is 25.7 Å². The molecule has 0 bridgehead atoms. The average Bonchev–Trinajstić information content (AvgIpc) is 2.31. The Labute approximate surface area is 63.3 Å². The Morgan fingerprint density at radius 2 is 2.50 bits per heavy atom. The van der Waals surface area contributed by atoms with Crippen molar-refractivity contribution in [3.05, 3.63) is 11.6 Å². The minimum Gasteiger partial charge on any atom is -0.324 e. The molecule has 10 heavy (non-hydrogen) atoms. The fourth-order valence-corrected chi connectivity index (χ4v) is 1.43. The van der Waals surface area contributed by atoms with Crippen molar-refractivity contribution in [3.8, 4) is 0 Å². The highest BCUT2D eigenvalue weighted by Gasteiger charge is 2.09. The molecule has 2 N–H and O–H groups in total. The first-order valence-corrected chi connectivity index (χ1v) is 4.28. The molecule has 0 aliphatic heterocycles. The first-order chi connectivity index (χ1) is 4.83. The molecule has 0 radical (unpaired) electrons. The van der Waals surface area contributed by atoms with Gasteiger partial charge < -0.3 is 5.73 Å². The number of nitrogens with two attached hydrogens (primary N) is 1. The molecular formula is C9H17N. The lowest BCUT2D eigenvalue weighted by Gasteiger charge is -1.96. The quantitative estimate of drug-likeness (QED) is 0.596. The first kappa shape index (κ1) is 7.80. The van der Waals surface area contributed by atoms with E-state index in [1.807, 2.05) is 0 Å². The lowest BCUT2D eigenvalue weighted by molar-refractivity contribution is 0.737. The Morgan fingerprint density at radius 3 is 3.00 bits per heavy atom. The largest absolute Gasteiger partial charge is 0.324 e. The summed E-state index contributed by atoms with van der Waals surface area (Å²) in [6.45, 7) is 2.23. The van der Waals surface area contributed by atoms with Crippen molar-refractivity contribution in [3.63, 3.8) is 0 Å². The van der Waals surface area contributed by atoms with E-state index >= 15 is 0 Å². The van der Waals surface area contributed by atoms with Crippen LogP contribution in [0.25, 0.3) is 0 Å². The summed E-state index contributed by atoms with van der Waals surface area (Å²) in [5.41, 5.74) is 7.31. The molecule has 1 rings (SSSR count). The maximum atomic E-state index is 5.72. The number of hydrogen-bond acceptors (Lipinski definition) is 1. The fourth-order valence-electron chi connectivity index (χ4n) is 1.43. The number of rotatable bonds is 3. The molecular weight excluding hydrogens is 122 g/mol. The van der Waals surface area contributed by atoms with E-state index in [0.717, 1.165) is 0 Å². The van der Waals surface area contributed by atoms with Crippen LogP contribution in [0.5, 0.6) is 0 Å². The smallest absolute Gasteiger partial charge is 0.0229 e. The molecule has 0 aromatic rings. The molecule has 0 fully saturated rings. The van der Waals surface area contributed by atoms with Crippen molar-refractivity contribution in [2.45, 2.75) is 45.1 Å². The number of hydrogen-bond donors (Lipinski definition) is 1. The van der Waals surface area contributed by atoms with Crippen molar-refractivity contribution >= 4 is 0 Å². The summed E-state index contributed by atoms with van der Waals surface area (Å²) >= 11 is 0. The molecule has 0 saturated heterocycles. The zero-order valence-corrected chi connectivity index (χ0v) is 6.77. The highest BCUT2D eigenvalue weighted by atomic mass is 14.6. The summed E-state index contributed by atoms with van der Waals surface area (Å²) in [6, 6.07) is 0.367. The third kappa shape index (κ3) is 2.14. The Balaban J connectivity index is 2.22. The molecule has 1 nitrogen and oxygen atoms in total. The molecule has 0 saturated carbocycles. The van der Waals surface area contributed by atoms with Gasteiger partial charge in [0.25, 0.3) is 0 Å². The highest BCUT2D eigenvalue weighted by molar-refractivity contribution is 5.12. The van der Waals surface area contributed by atoms with Gasteiger partial charge in [0.05, 0.1) is 0 Å². The Kier molecular flexibility index (Phi) is 2.94. The van der Waals surface area contributed by atoms with Gasteiger partial charge in [-0.25, -0.2) is 0 Å². The van der Waals surface area contributed by atoms with E-state index in [0.29, 0.717) is 6.04 Å². The zero-order valence-electron chi connectivity index (χ0n) is 6.77. The van der Waals surface area contributed by atoms with Crippen LogP contribution in [0.3, 0.4) is 0 Å². The average molecular weight is 139 g/mol. The van der Waals surface area contributed by atoms with Crippen LogP contribution in [-0.2, 0) is 0 Å². The topological polar surface area (TPSA) is 26.0 Å². The molecule has 0 heterocycles. The lowest BCUT2D eigenvalue weighted by atomic mass is 10.1. The summed E-state index contributed by atoms with van der Waals surface area (Å²) in [5.74, 6) is 0. The van der Waals surface area contributed by atoms with Crippen molar-refractivity contribution < 1.29 is 0 Å². The van der Waals surface area contributed by atoms with E-state index in [1.165, 1.54) is 32.1 Å². The van der Waals surface area contributed by atoms with Crippen molar-refractivity contribution in [1.29, 1.82) is 0 Å². The van der Waals surface area contributed by atoms with Gasteiger partial charge in [0.1, 0.15) is 0 Å². The summed E-state index contributed by atoms with van der Waals surface area (Å²) in [4.78, 5) is 0. The summed E-state index contributed by atoms with van der Waals surface area (Å²) < 4.78 is 0. The predicted octanol–water partition coefficient (Wildman–Crippen LogP) is 2.22. The monoisotopic (exact) mass is 139 g/mol. The Morgan fingerprint density at radius 1 is 1.70 bits per heavy atom. The molecule has 0 spiro atoms. The van der Waals surface area contributed by atoms with E-state index in [2.05, 4.69) is 13.0 Å². The van der Waals surface area contributed by atoms with Crippen LogP contribution < -0.4 is 5.73 Å². The maximum Gasteiger partial charge on any atom is 0.0229 e. The molecule has 0 aromatic carbocycles. The molecule has 1 aliphatic rings.